The van der Waals surface area contributed by atoms with Gasteiger partial charge >= 0.3 is 6.01 Å². The molecule has 0 amide bonds. The minimum Gasteiger partial charge on any atom is -0.423 e. The third-order valence-corrected chi connectivity index (χ3v) is 5.91. The van der Waals surface area contributed by atoms with Gasteiger partial charge in [0.2, 0.25) is 0 Å². The van der Waals surface area contributed by atoms with Crippen LogP contribution < -0.4 is 4.74 Å². The van der Waals surface area contributed by atoms with E-state index in [4.69, 9.17) is 4.74 Å². The summed E-state index contributed by atoms with van der Waals surface area (Å²) in [7, 11) is 2.19. The van der Waals surface area contributed by atoms with E-state index >= 15 is 0 Å². The Bertz CT molecular complexity index is 1170. The van der Waals surface area contributed by atoms with Crippen molar-refractivity contribution in [3.8, 4) is 17.4 Å². The van der Waals surface area contributed by atoms with E-state index in [0.717, 1.165) is 36.5 Å². The second-order valence-corrected chi connectivity index (χ2v) is 8.10. The van der Waals surface area contributed by atoms with Crippen molar-refractivity contribution in [3.63, 3.8) is 0 Å². The van der Waals surface area contributed by atoms with E-state index in [1.165, 1.54) is 16.7 Å². The molecule has 31 heavy (non-hydrogen) atoms. The monoisotopic (exact) mass is 411 g/mol. The quantitative estimate of drug-likeness (QED) is 0.499. The summed E-state index contributed by atoms with van der Waals surface area (Å²) in [5.74, 6) is 1.08. The molecule has 6 heteroatoms. The first-order chi connectivity index (χ1) is 15.2. The third kappa shape index (κ3) is 3.94. The largest absolute Gasteiger partial charge is 0.423 e. The number of rotatable bonds is 4. The molecule has 0 radical (unpaired) electrons. The van der Waals surface area contributed by atoms with Gasteiger partial charge in [-0.25, -0.2) is 0 Å². The van der Waals surface area contributed by atoms with Crippen LogP contribution in [0.5, 0.6) is 11.8 Å². The zero-order valence-electron chi connectivity index (χ0n) is 17.8. The highest BCUT2D eigenvalue weighted by Crippen LogP contribution is 2.36. The summed E-state index contributed by atoms with van der Waals surface area (Å²) in [4.78, 5) is 2.41. The smallest absolute Gasteiger partial charge is 0.345 e. The number of benzene rings is 3. The normalized spacial score (nSPS) is 16.5. The van der Waals surface area contributed by atoms with Crippen LogP contribution in [0.2, 0.25) is 0 Å². The molecule has 0 N–H and O–H groups in total. The van der Waals surface area contributed by atoms with Gasteiger partial charge < -0.3 is 9.64 Å². The van der Waals surface area contributed by atoms with E-state index < -0.39 is 0 Å². The van der Waals surface area contributed by atoms with Gasteiger partial charge in [-0.15, -0.1) is 0 Å². The van der Waals surface area contributed by atoms with Crippen molar-refractivity contribution in [2.75, 3.05) is 20.1 Å². The Hall–Kier alpha value is -3.51. The molecule has 0 aliphatic carbocycles. The van der Waals surface area contributed by atoms with Crippen molar-refractivity contribution in [1.29, 1.82) is 0 Å². The number of hydrogen-bond donors (Lipinski definition) is 0. The van der Waals surface area contributed by atoms with E-state index in [1.807, 2.05) is 30.3 Å². The average Bonchev–Trinajstić information content (AvgIpc) is 3.20. The third-order valence-electron chi connectivity index (χ3n) is 5.91. The topological polar surface area (TPSA) is 56.1 Å². The zero-order valence-corrected chi connectivity index (χ0v) is 17.8. The molecule has 0 unspecified atom stereocenters. The standard InChI is InChI=1S/C25H25N5O/c1-18-15-20-13-14-29(2)17-23(19-9-5-3-6-10-19)22(20)16-24(18)31-25-26-27-28-30(25)21-11-7-4-8-12-21/h3-12,15-16,23H,13-14,17H2,1-2H3/t23-/m1/s1. The van der Waals surface area contributed by atoms with Gasteiger partial charge in [0.25, 0.3) is 0 Å². The van der Waals surface area contributed by atoms with E-state index in [-0.39, 0.29) is 5.92 Å². The number of likely N-dealkylation sites (N-methyl/N-ethyl adjacent to an activating group) is 1. The lowest BCUT2D eigenvalue weighted by Crippen LogP contribution is -2.24. The predicted octanol–water partition coefficient (Wildman–Crippen LogP) is 4.38. The van der Waals surface area contributed by atoms with Crippen LogP contribution in [-0.2, 0) is 6.42 Å². The zero-order chi connectivity index (χ0) is 21.2. The second-order valence-electron chi connectivity index (χ2n) is 8.10. The van der Waals surface area contributed by atoms with Gasteiger partial charge in [-0.3, -0.25) is 0 Å². The number of nitrogens with zero attached hydrogens (tertiary/aromatic N) is 5. The van der Waals surface area contributed by atoms with E-state index in [9.17, 15) is 0 Å². The lowest BCUT2D eigenvalue weighted by molar-refractivity contribution is 0.338. The fourth-order valence-electron chi connectivity index (χ4n) is 4.27. The maximum atomic E-state index is 6.27. The van der Waals surface area contributed by atoms with Crippen LogP contribution in [0.15, 0.2) is 72.8 Å². The Morgan fingerprint density at radius 2 is 1.71 bits per heavy atom. The number of tetrazole rings is 1. The molecule has 2 heterocycles. The van der Waals surface area contributed by atoms with Gasteiger partial charge in [0.1, 0.15) is 5.75 Å². The van der Waals surface area contributed by atoms with Crippen molar-refractivity contribution in [3.05, 3.63) is 95.1 Å². The Morgan fingerprint density at radius 3 is 2.48 bits per heavy atom. The van der Waals surface area contributed by atoms with E-state index in [0.29, 0.717) is 6.01 Å². The molecule has 4 aromatic rings. The fourth-order valence-corrected chi connectivity index (χ4v) is 4.27. The molecule has 0 spiro atoms. The van der Waals surface area contributed by atoms with Crippen molar-refractivity contribution in [2.45, 2.75) is 19.3 Å². The highest BCUT2D eigenvalue weighted by molar-refractivity contribution is 5.48. The van der Waals surface area contributed by atoms with Crippen LogP contribution in [-0.4, -0.2) is 45.2 Å². The van der Waals surface area contributed by atoms with Crippen molar-refractivity contribution in [2.24, 2.45) is 0 Å². The van der Waals surface area contributed by atoms with E-state index in [2.05, 4.69) is 76.9 Å². The molecule has 1 aliphatic rings. The molecule has 0 bridgehead atoms. The summed E-state index contributed by atoms with van der Waals surface area (Å²) in [6.07, 6.45) is 1.03. The molecule has 6 nitrogen and oxygen atoms in total. The van der Waals surface area contributed by atoms with Crippen LogP contribution in [0.3, 0.4) is 0 Å². The first-order valence-corrected chi connectivity index (χ1v) is 10.6. The number of aryl methyl sites for hydroxylation is 1. The van der Waals surface area contributed by atoms with Crippen LogP contribution in [0, 0.1) is 6.92 Å². The van der Waals surface area contributed by atoms with Crippen molar-refractivity contribution >= 4 is 0 Å². The van der Waals surface area contributed by atoms with Crippen molar-refractivity contribution < 1.29 is 4.74 Å². The highest BCUT2D eigenvalue weighted by atomic mass is 16.5. The second kappa shape index (κ2) is 8.32. The molecule has 0 saturated carbocycles. The van der Waals surface area contributed by atoms with E-state index in [1.54, 1.807) is 4.68 Å². The molecular weight excluding hydrogens is 386 g/mol. The molecule has 1 aromatic heterocycles. The van der Waals surface area contributed by atoms with Gasteiger partial charge in [0, 0.05) is 19.0 Å². The molecule has 1 atom stereocenters. The van der Waals surface area contributed by atoms with Crippen molar-refractivity contribution in [1.82, 2.24) is 25.1 Å². The lowest BCUT2D eigenvalue weighted by Gasteiger charge is -2.23. The van der Waals surface area contributed by atoms with Gasteiger partial charge in [-0.05, 0) is 71.3 Å². The van der Waals surface area contributed by atoms with Crippen LogP contribution in [0.4, 0.5) is 0 Å². The Kier molecular flexibility index (Phi) is 5.22. The summed E-state index contributed by atoms with van der Waals surface area (Å²) < 4.78 is 7.88. The van der Waals surface area contributed by atoms with Gasteiger partial charge in [-0.2, -0.15) is 4.68 Å². The first kappa shape index (κ1) is 19.5. The Labute approximate surface area is 182 Å². The van der Waals surface area contributed by atoms with Crippen LogP contribution in [0.25, 0.3) is 5.69 Å². The Morgan fingerprint density at radius 1 is 0.968 bits per heavy atom. The molecule has 156 valence electrons. The van der Waals surface area contributed by atoms with Crippen LogP contribution in [0.1, 0.15) is 28.2 Å². The van der Waals surface area contributed by atoms with Gasteiger partial charge in [0.15, 0.2) is 0 Å². The maximum Gasteiger partial charge on any atom is 0.345 e. The average molecular weight is 412 g/mol. The molecule has 0 fully saturated rings. The van der Waals surface area contributed by atoms with Gasteiger partial charge in [-0.1, -0.05) is 59.7 Å². The lowest BCUT2D eigenvalue weighted by atomic mass is 9.87. The maximum absolute atomic E-state index is 6.27. The summed E-state index contributed by atoms with van der Waals surface area (Å²) in [6, 6.07) is 25.3. The highest BCUT2D eigenvalue weighted by Gasteiger charge is 2.25. The Balaban J connectivity index is 1.55. The molecule has 1 aliphatic heterocycles. The van der Waals surface area contributed by atoms with Crippen LogP contribution >= 0.6 is 0 Å². The molecule has 5 rings (SSSR count). The number of para-hydroxylation sites is 1. The number of ether oxygens (including phenoxy) is 1. The predicted molar refractivity (Wildman–Crippen MR) is 120 cm³/mol. The van der Waals surface area contributed by atoms with Gasteiger partial charge in [0.05, 0.1) is 5.69 Å². The SMILES string of the molecule is Cc1cc2c(cc1Oc1nnnn1-c1ccccc1)[C@@H](c1ccccc1)CN(C)CC2. The molecule has 0 saturated heterocycles. The number of fused-ring (bicyclic) bond motifs is 1. The summed E-state index contributed by atoms with van der Waals surface area (Å²) >= 11 is 0. The molecule has 3 aromatic carbocycles. The number of hydrogen-bond acceptors (Lipinski definition) is 5. The summed E-state index contributed by atoms with van der Waals surface area (Å²) in [6.45, 7) is 4.10. The molecular formula is C25H25N5O. The fraction of sp³-hybridized carbons (Fsp3) is 0.240. The minimum atomic E-state index is 0.289. The number of aromatic nitrogens is 4. The summed E-state index contributed by atoms with van der Waals surface area (Å²) in [5.41, 5.74) is 5.96. The first-order valence-electron chi connectivity index (χ1n) is 10.6. The minimum absolute atomic E-state index is 0.289. The summed E-state index contributed by atoms with van der Waals surface area (Å²) in [5, 5.41) is 12.1.